The van der Waals surface area contributed by atoms with Crippen molar-refractivity contribution in [3.05, 3.63) is 34.9 Å². The van der Waals surface area contributed by atoms with Gasteiger partial charge in [-0.05, 0) is 6.07 Å². The number of ether oxygens (including phenoxy) is 1. The molecule has 0 aliphatic rings. The van der Waals surface area contributed by atoms with Crippen LogP contribution in [0.4, 0.5) is 0 Å². The average Bonchev–Trinajstić information content (AvgIpc) is 2.21. The zero-order valence-corrected chi connectivity index (χ0v) is 8.32. The van der Waals surface area contributed by atoms with Gasteiger partial charge in [0.05, 0.1) is 7.11 Å². The molecule has 14 heavy (non-hydrogen) atoms. The van der Waals surface area contributed by atoms with Gasteiger partial charge in [0.15, 0.2) is 0 Å². The third-order valence-electron chi connectivity index (χ3n) is 1.74. The number of carbonyl (C=O) groups is 1. The molecule has 0 aliphatic heterocycles. The summed E-state index contributed by atoms with van der Waals surface area (Å²) in [5, 5.41) is 0.411. The van der Waals surface area contributed by atoms with Gasteiger partial charge in [0.25, 0.3) is 0 Å². The van der Waals surface area contributed by atoms with E-state index in [2.05, 4.69) is 9.57 Å². The number of rotatable bonds is 3. The lowest BCUT2D eigenvalue weighted by molar-refractivity contribution is -0.155. The van der Waals surface area contributed by atoms with Crippen LogP contribution in [0, 0.1) is 0 Å². The molecule has 1 aromatic carbocycles. The highest BCUT2D eigenvalue weighted by molar-refractivity contribution is 6.31. The summed E-state index contributed by atoms with van der Waals surface area (Å²) >= 11 is 5.86. The van der Waals surface area contributed by atoms with E-state index in [1.807, 2.05) is 0 Å². The molecule has 0 spiro atoms. The molecule has 0 radical (unpaired) electrons. The van der Waals surface area contributed by atoms with E-state index in [1.165, 1.54) is 7.11 Å². The Bertz CT molecular complexity index is 330. The maximum Gasteiger partial charge on any atom is 0.341 e. The van der Waals surface area contributed by atoms with Gasteiger partial charge in [-0.15, -0.1) is 0 Å². The predicted octanol–water partition coefficient (Wildman–Crippen LogP) is 1.44. The first-order chi connectivity index (χ1) is 6.70. The Morgan fingerprint density at radius 1 is 1.50 bits per heavy atom. The number of halogens is 1. The Labute approximate surface area is 86.5 Å². The summed E-state index contributed by atoms with van der Waals surface area (Å²) in [7, 11) is 1.26. The molecule has 1 unspecified atom stereocenters. The van der Waals surface area contributed by atoms with Gasteiger partial charge in [0, 0.05) is 10.6 Å². The van der Waals surface area contributed by atoms with Crippen LogP contribution in [0.3, 0.4) is 0 Å². The van der Waals surface area contributed by atoms with Crippen LogP contribution in [0.5, 0.6) is 0 Å². The molecule has 0 aliphatic carbocycles. The minimum Gasteiger partial charge on any atom is -0.467 e. The molecule has 0 saturated carbocycles. The molecule has 0 aromatic heterocycles. The molecular formula is C9H10ClNO3. The lowest BCUT2D eigenvalue weighted by Crippen LogP contribution is -2.20. The number of nitrogens with two attached hydrogens (primary N) is 1. The molecule has 1 rings (SSSR count). The van der Waals surface area contributed by atoms with Crippen molar-refractivity contribution < 1.29 is 14.4 Å². The highest BCUT2D eigenvalue weighted by Crippen LogP contribution is 2.25. The summed E-state index contributed by atoms with van der Waals surface area (Å²) in [5.41, 5.74) is 0.489. The van der Waals surface area contributed by atoms with Crippen LogP contribution in [0.2, 0.25) is 5.02 Å². The minimum atomic E-state index is -0.978. The summed E-state index contributed by atoms with van der Waals surface area (Å²) in [6.07, 6.45) is -0.978. The van der Waals surface area contributed by atoms with Crippen molar-refractivity contribution in [1.29, 1.82) is 0 Å². The lowest BCUT2D eigenvalue weighted by Gasteiger charge is -2.13. The standard InChI is InChI=1S/C9H10ClNO3/c1-13-9(12)8(14-11)6-4-2-3-5-7(6)10/h2-5,8H,11H2,1H3. The number of hydrogen-bond acceptors (Lipinski definition) is 4. The van der Waals surface area contributed by atoms with Crippen molar-refractivity contribution in [3.8, 4) is 0 Å². The molecule has 2 N–H and O–H groups in total. The van der Waals surface area contributed by atoms with E-state index < -0.39 is 12.1 Å². The van der Waals surface area contributed by atoms with Crippen molar-refractivity contribution in [2.24, 2.45) is 5.90 Å². The Kier molecular flexibility index (Phi) is 3.88. The maximum atomic E-state index is 11.2. The second kappa shape index (κ2) is 4.95. The van der Waals surface area contributed by atoms with Crippen LogP contribution >= 0.6 is 11.6 Å². The van der Waals surface area contributed by atoms with Crippen LogP contribution in [0.25, 0.3) is 0 Å². The maximum absolute atomic E-state index is 11.2. The Balaban J connectivity index is 3.01. The Morgan fingerprint density at radius 3 is 2.64 bits per heavy atom. The van der Waals surface area contributed by atoms with Crippen LogP contribution in [0.1, 0.15) is 11.7 Å². The number of hydrogen-bond donors (Lipinski definition) is 1. The predicted molar refractivity (Wildman–Crippen MR) is 51.5 cm³/mol. The average molecular weight is 216 g/mol. The van der Waals surface area contributed by atoms with Crippen LogP contribution in [0.15, 0.2) is 24.3 Å². The zero-order chi connectivity index (χ0) is 10.6. The fourth-order valence-electron chi connectivity index (χ4n) is 1.05. The molecule has 4 nitrogen and oxygen atoms in total. The number of methoxy groups -OCH3 is 1. The van der Waals surface area contributed by atoms with E-state index in [0.717, 1.165) is 0 Å². The van der Waals surface area contributed by atoms with Crippen LogP contribution in [-0.4, -0.2) is 13.1 Å². The molecule has 0 heterocycles. The Morgan fingerprint density at radius 2 is 2.14 bits per heavy atom. The highest BCUT2D eigenvalue weighted by atomic mass is 35.5. The molecule has 0 saturated heterocycles. The molecule has 76 valence electrons. The molecule has 0 amide bonds. The van der Waals surface area contributed by atoms with Crippen LogP contribution in [-0.2, 0) is 14.4 Å². The Hall–Kier alpha value is -1.10. The minimum absolute atomic E-state index is 0.411. The monoisotopic (exact) mass is 215 g/mol. The van der Waals surface area contributed by atoms with Gasteiger partial charge in [0.2, 0.25) is 6.10 Å². The molecule has 1 atom stereocenters. The molecule has 0 fully saturated rings. The fourth-order valence-corrected chi connectivity index (χ4v) is 1.29. The van der Waals surface area contributed by atoms with Gasteiger partial charge < -0.3 is 4.74 Å². The number of carbonyl (C=O) groups excluding carboxylic acids is 1. The molecular weight excluding hydrogens is 206 g/mol. The summed E-state index contributed by atoms with van der Waals surface area (Å²) in [4.78, 5) is 15.7. The molecule has 0 bridgehead atoms. The fraction of sp³-hybridized carbons (Fsp3) is 0.222. The number of esters is 1. The van der Waals surface area contributed by atoms with E-state index in [0.29, 0.717) is 10.6 Å². The normalized spacial score (nSPS) is 12.2. The van der Waals surface area contributed by atoms with Gasteiger partial charge in [0.1, 0.15) is 0 Å². The topological polar surface area (TPSA) is 61.5 Å². The summed E-state index contributed by atoms with van der Waals surface area (Å²) in [6, 6.07) is 6.77. The largest absolute Gasteiger partial charge is 0.467 e. The van der Waals surface area contributed by atoms with Crippen molar-refractivity contribution in [3.63, 3.8) is 0 Å². The van der Waals surface area contributed by atoms with Crippen molar-refractivity contribution in [2.75, 3.05) is 7.11 Å². The van der Waals surface area contributed by atoms with E-state index in [9.17, 15) is 4.79 Å². The van der Waals surface area contributed by atoms with Crippen molar-refractivity contribution >= 4 is 17.6 Å². The SMILES string of the molecule is COC(=O)C(ON)c1ccccc1Cl. The summed E-state index contributed by atoms with van der Waals surface area (Å²) in [6.45, 7) is 0. The van der Waals surface area contributed by atoms with Gasteiger partial charge in [-0.3, -0.25) is 4.84 Å². The molecule has 1 aromatic rings. The highest BCUT2D eigenvalue weighted by Gasteiger charge is 2.23. The van der Waals surface area contributed by atoms with E-state index in [-0.39, 0.29) is 0 Å². The van der Waals surface area contributed by atoms with Crippen molar-refractivity contribution in [1.82, 2.24) is 0 Å². The van der Waals surface area contributed by atoms with Gasteiger partial charge in [-0.25, -0.2) is 10.7 Å². The number of benzene rings is 1. The first-order valence-electron chi connectivity index (χ1n) is 3.88. The quantitative estimate of drug-likeness (QED) is 0.612. The van der Waals surface area contributed by atoms with Gasteiger partial charge in [-0.1, -0.05) is 29.8 Å². The summed E-state index contributed by atoms with van der Waals surface area (Å²) in [5.74, 6) is 4.41. The van der Waals surface area contributed by atoms with Crippen molar-refractivity contribution in [2.45, 2.75) is 6.10 Å². The van der Waals surface area contributed by atoms with E-state index in [1.54, 1.807) is 24.3 Å². The van der Waals surface area contributed by atoms with E-state index in [4.69, 9.17) is 17.5 Å². The lowest BCUT2D eigenvalue weighted by atomic mass is 10.1. The van der Waals surface area contributed by atoms with E-state index >= 15 is 0 Å². The van der Waals surface area contributed by atoms with Gasteiger partial charge >= 0.3 is 5.97 Å². The first-order valence-corrected chi connectivity index (χ1v) is 4.26. The third kappa shape index (κ3) is 2.23. The second-order valence-corrected chi connectivity index (χ2v) is 2.97. The molecule has 5 heteroatoms. The first kappa shape index (κ1) is 11.0. The third-order valence-corrected chi connectivity index (χ3v) is 2.08. The smallest absolute Gasteiger partial charge is 0.341 e. The second-order valence-electron chi connectivity index (χ2n) is 2.56. The van der Waals surface area contributed by atoms with Gasteiger partial charge in [-0.2, -0.15) is 0 Å². The summed E-state index contributed by atoms with van der Waals surface area (Å²) < 4.78 is 4.51. The zero-order valence-electron chi connectivity index (χ0n) is 7.57. The van der Waals surface area contributed by atoms with Crippen LogP contribution < -0.4 is 5.90 Å².